The summed E-state index contributed by atoms with van der Waals surface area (Å²) in [7, 11) is 0. The Hall–Kier alpha value is -1.26. The molecule has 1 aromatic rings. The van der Waals surface area contributed by atoms with E-state index in [-0.39, 0.29) is 12.1 Å². The number of amides is 2. The fraction of sp³-hybridized carbons (Fsp3) is 0.562. The Morgan fingerprint density at radius 1 is 1.33 bits per heavy atom. The third-order valence-corrected chi connectivity index (χ3v) is 4.15. The Bertz CT molecular complexity index is 455. The number of urea groups is 1. The van der Waals surface area contributed by atoms with Gasteiger partial charge in [0.25, 0.3) is 0 Å². The normalized spacial score (nSPS) is 16.0. The molecule has 0 saturated carbocycles. The summed E-state index contributed by atoms with van der Waals surface area (Å²) in [5.41, 5.74) is 0.778. The minimum Gasteiger partial charge on any atom is -0.322 e. The Labute approximate surface area is 131 Å². The smallest absolute Gasteiger partial charge is 0.322 e. The zero-order valence-electron chi connectivity index (χ0n) is 12.7. The highest BCUT2D eigenvalue weighted by molar-refractivity contribution is 6.30. The lowest BCUT2D eigenvalue weighted by Crippen LogP contribution is -2.44. The SMILES string of the molecule is CC(C)N(CC1CCNCC1)C(=O)Nc1ccc(Cl)cc1. The second-order valence-electron chi connectivity index (χ2n) is 5.88. The highest BCUT2D eigenvalue weighted by atomic mass is 35.5. The summed E-state index contributed by atoms with van der Waals surface area (Å²) in [5.74, 6) is 0.588. The molecule has 2 rings (SSSR count). The van der Waals surface area contributed by atoms with E-state index in [2.05, 4.69) is 24.5 Å². The number of piperidine rings is 1. The molecule has 0 aromatic heterocycles. The van der Waals surface area contributed by atoms with Crippen LogP contribution in [-0.4, -0.2) is 36.6 Å². The van der Waals surface area contributed by atoms with Gasteiger partial charge < -0.3 is 15.5 Å². The average Bonchev–Trinajstić information content (AvgIpc) is 2.48. The fourth-order valence-corrected chi connectivity index (χ4v) is 2.73. The molecule has 21 heavy (non-hydrogen) atoms. The fourth-order valence-electron chi connectivity index (χ4n) is 2.60. The molecule has 1 aliphatic heterocycles. The first-order chi connectivity index (χ1) is 10.1. The van der Waals surface area contributed by atoms with Crippen molar-refractivity contribution < 1.29 is 4.79 Å². The van der Waals surface area contributed by atoms with Crippen molar-refractivity contribution in [2.75, 3.05) is 25.0 Å². The molecule has 0 atom stereocenters. The van der Waals surface area contributed by atoms with Gasteiger partial charge in [-0.25, -0.2) is 4.79 Å². The van der Waals surface area contributed by atoms with Crippen LogP contribution in [0.3, 0.4) is 0 Å². The molecule has 1 heterocycles. The summed E-state index contributed by atoms with van der Waals surface area (Å²) in [4.78, 5) is 14.4. The van der Waals surface area contributed by atoms with Crippen molar-refractivity contribution in [3.8, 4) is 0 Å². The molecule has 116 valence electrons. The first-order valence-electron chi connectivity index (χ1n) is 7.60. The minimum absolute atomic E-state index is 0.0362. The van der Waals surface area contributed by atoms with Crippen LogP contribution in [0.5, 0.6) is 0 Å². The van der Waals surface area contributed by atoms with Crippen LogP contribution in [0.1, 0.15) is 26.7 Å². The van der Waals surface area contributed by atoms with Gasteiger partial charge in [0.1, 0.15) is 0 Å². The molecule has 2 N–H and O–H groups in total. The van der Waals surface area contributed by atoms with Crippen LogP contribution < -0.4 is 10.6 Å². The van der Waals surface area contributed by atoms with Crippen molar-refractivity contribution in [1.82, 2.24) is 10.2 Å². The Morgan fingerprint density at radius 3 is 2.52 bits per heavy atom. The molecule has 5 heteroatoms. The third-order valence-electron chi connectivity index (χ3n) is 3.89. The van der Waals surface area contributed by atoms with E-state index in [0.717, 1.165) is 38.2 Å². The number of benzene rings is 1. The van der Waals surface area contributed by atoms with Gasteiger partial charge in [0, 0.05) is 23.3 Å². The number of nitrogens with zero attached hydrogens (tertiary/aromatic N) is 1. The number of nitrogens with one attached hydrogen (secondary N) is 2. The Kier molecular flexibility index (Phi) is 5.88. The lowest BCUT2D eigenvalue weighted by Gasteiger charge is -2.32. The van der Waals surface area contributed by atoms with Crippen molar-refractivity contribution >= 4 is 23.3 Å². The van der Waals surface area contributed by atoms with E-state index >= 15 is 0 Å². The molecule has 0 bridgehead atoms. The van der Waals surface area contributed by atoms with E-state index in [4.69, 9.17) is 11.6 Å². The van der Waals surface area contributed by atoms with Gasteiger partial charge in [0.05, 0.1) is 0 Å². The van der Waals surface area contributed by atoms with Crippen LogP contribution in [0.2, 0.25) is 5.02 Å². The van der Waals surface area contributed by atoms with Gasteiger partial charge in [-0.3, -0.25) is 0 Å². The molecule has 1 fully saturated rings. The quantitative estimate of drug-likeness (QED) is 0.893. The minimum atomic E-state index is -0.0362. The van der Waals surface area contributed by atoms with Crippen LogP contribution in [-0.2, 0) is 0 Å². The zero-order valence-corrected chi connectivity index (χ0v) is 13.5. The van der Waals surface area contributed by atoms with Crippen molar-refractivity contribution in [2.24, 2.45) is 5.92 Å². The van der Waals surface area contributed by atoms with Crippen LogP contribution in [0.15, 0.2) is 24.3 Å². The number of hydrogen-bond donors (Lipinski definition) is 2. The summed E-state index contributed by atoms with van der Waals surface area (Å²) in [6.45, 7) is 7.04. The molecular formula is C16H24ClN3O. The monoisotopic (exact) mass is 309 g/mol. The summed E-state index contributed by atoms with van der Waals surface area (Å²) in [6, 6.07) is 7.36. The molecule has 4 nitrogen and oxygen atoms in total. The number of rotatable bonds is 4. The van der Waals surface area contributed by atoms with Gasteiger partial charge in [0.15, 0.2) is 0 Å². The van der Waals surface area contributed by atoms with Crippen LogP contribution in [0, 0.1) is 5.92 Å². The second-order valence-corrected chi connectivity index (χ2v) is 6.31. The standard InChI is InChI=1S/C16H24ClN3O/c1-12(2)20(11-13-7-9-18-10-8-13)16(21)19-15-5-3-14(17)4-6-15/h3-6,12-13,18H,7-11H2,1-2H3,(H,19,21). The first kappa shape index (κ1) is 16.1. The largest absolute Gasteiger partial charge is 0.322 e. The molecule has 0 radical (unpaired) electrons. The maximum absolute atomic E-state index is 12.5. The van der Waals surface area contributed by atoms with Gasteiger partial charge >= 0.3 is 6.03 Å². The van der Waals surface area contributed by atoms with E-state index in [9.17, 15) is 4.79 Å². The number of halogens is 1. The third kappa shape index (κ3) is 4.90. The molecule has 2 amide bonds. The highest BCUT2D eigenvalue weighted by Crippen LogP contribution is 2.18. The molecular weight excluding hydrogens is 286 g/mol. The van der Waals surface area contributed by atoms with E-state index in [0.29, 0.717) is 10.9 Å². The maximum atomic E-state index is 12.5. The zero-order chi connectivity index (χ0) is 15.2. The molecule has 1 aromatic carbocycles. The average molecular weight is 310 g/mol. The second kappa shape index (κ2) is 7.66. The summed E-state index contributed by atoms with van der Waals surface area (Å²) in [6.07, 6.45) is 2.27. The summed E-state index contributed by atoms with van der Waals surface area (Å²) >= 11 is 5.86. The van der Waals surface area contributed by atoms with Crippen LogP contribution >= 0.6 is 11.6 Å². The van der Waals surface area contributed by atoms with Gasteiger partial charge in [-0.15, -0.1) is 0 Å². The lowest BCUT2D eigenvalue weighted by molar-refractivity contribution is 0.175. The van der Waals surface area contributed by atoms with Gasteiger partial charge in [-0.2, -0.15) is 0 Å². The van der Waals surface area contributed by atoms with Gasteiger partial charge in [-0.1, -0.05) is 11.6 Å². The first-order valence-corrected chi connectivity index (χ1v) is 7.98. The topological polar surface area (TPSA) is 44.4 Å². The summed E-state index contributed by atoms with van der Waals surface area (Å²) in [5, 5.41) is 6.98. The van der Waals surface area contributed by atoms with Gasteiger partial charge in [0.2, 0.25) is 0 Å². The number of anilines is 1. The highest BCUT2D eigenvalue weighted by Gasteiger charge is 2.22. The molecule has 0 unspecified atom stereocenters. The predicted octanol–water partition coefficient (Wildman–Crippen LogP) is 3.58. The maximum Gasteiger partial charge on any atom is 0.322 e. The predicted molar refractivity (Wildman–Crippen MR) is 87.9 cm³/mol. The van der Waals surface area contributed by atoms with Gasteiger partial charge in [-0.05, 0) is 70.0 Å². The molecule has 0 spiro atoms. The number of carbonyl (C=O) groups excluding carboxylic acids is 1. The van der Waals surface area contributed by atoms with Crippen LogP contribution in [0.4, 0.5) is 10.5 Å². The summed E-state index contributed by atoms with van der Waals surface area (Å²) < 4.78 is 0. The van der Waals surface area contributed by atoms with E-state index in [1.165, 1.54) is 0 Å². The number of hydrogen-bond acceptors (Lipinski definition) is 2. The van der Waals surface area contributed by atoms with Crippen molar-refractivity contribution in [2.45, 2.75) is 32.7 Å². The van der Waals surface area contributed by atoms with E-state index in [1.54, 1.807) is 12.1 Å². The molecule has 1 aliphatic rings. The number of carbonyl (C=O) groups is 1. The van der Waals surface area contributed by atoms with Crippen LogP contribution in [0.25, 0.3) is 0 Å². The van der Waals surface area contributed by atoms with Crippen molar-refractivity contribution in [1.29, 1.82) is 0 Å². The van der Waals surface area contributed by atoms with Crippen molar-refractivity contribution in [3.63, 3.8) is 0 Å². The van der Waals surface area contributed by atoms with E-state index in [1.807, 2.05) is 17.0 Å². The van der Waals surface area contributed by atoms with E-state index < -0.39 is 0 Å². The Balaban J connectivity index is 1.96. The lowest BCUT2D eigenvalue weighted by atomic mass is 9.97. The molecule has 0 aliphatic carbocycles. The Morgan fingerprint density at radius 2 is 1.95 bits per heavy atom. The molecule has 1 saturated heterocycles. The van der Waals surface area contributed by atoms with Crippen molar-refractivity contribution in [3.05, 3.63) is 29.3 Å².